The van der Waals surface area contributed by atoms with Crippen LogP contribution in [0, 0.1) is 5.92 Å². The van der Waals surface area contributed by atoms with Crippen LogP contribution in [0.4, 0.5) is 13.2 Å². The number of hydrogen-bond donors (Lipinski definition) is 2. The molecule has 1 unspecified atom stereocenters. The van der Waals surface area contributed by atoms with E-state index in [-0.39, 0.29) is 13.2 Å². The molecule has 1 atom stereocenters. The number of nitrogens with zero attached hydrogens (tertiary/aromatic N) is 1. The van der Waals surface area contributed by atoms with Crippen molar-refractivity contribution in [3.05, 3.63) is 0 Å². The van der Waals surface area contributed by atoms with Crippen LogP contribution in [0.2, 0.25) is 0 Å². The normalized spacial score (nSPS) is 20.6. The maximum absolute atomic E-state index is 11.9. The number of carboxylic acids is 1. The van der Waals surface area contributed by atoms with E-state index in [1.165, 1.54) is 0 Å². The van der Waals surface area contributed by atoms with Crippen LogP contribution in [-0.2, 0) is 9.53 Å². The minimum Gasteiger partial charge on any atom is -0.480 e. The number of carbonyl (C=O) groups is 1. The summed E-state index contributed by atoms with van der Waals surface area (Å²) in [5.74, 6) is -0.473. The standard InChI is InChI=1S/C13H23F3N2O3/c14-13(15,16)10-21-6-2-5-18-4-1-3-11(9-18)7-17-8-12(19)20/h11,17H,1-10H2,(H,19,20). The molecule has 0 bridgehead atoms. The number of likely N-dealkylation sites (tertiary alicyclic amines) is 1. The molecule has 5 nitrogen and oxygen atoms in total. The predicted octanol–water partition coefficient (Wildman–Crippen LogP) is 1.34. The van der Waals surface area contributed by atoms with Crippen molar-refractivity contribution in [1.82, 2.24) is 10.2 Å². The Morgan fingerprint density at radius 2 is 2.19 bits per heavy atom. The van der Waals surface area contributed by atoms with Crippen molar-refractivity contribution in [2.45, 2.75) is 25.4 Å². The number of halogens is 3. The number of aliphatic carboxylic acids is 1. The zero-order valence-electron chi connectivity index (χ0n) is 12.0. The summed E-state index contributed by atoms with van der Waals surface area (Å²) in [5.41, 5.74) is 0. The van der Waals surface area contributed by atoms with Crippen LogP contribution < -0.4 is 5.32 Å². The van der Waals surface area contributed by atoms with E-state index in [1.807, 2.05) is 0 Å². The molecule has 8 heteroatoms. The monoisotopic (exact) mass is 312 g/mol. The van der Waals surface area contributed by atoms with Crippen molar-refractivity contribution in [2.24, 2.45) is 5.92 Å². The molecule has 0 spiro atoms. The van der Waals surface area contributed by atoms with Gasteiger partial charge in [-0.15, -0.1) is 0 Å². The summed E-state index contributed by atoms with van der Waals surface area (Å²) in [5, 5.41) is 11.4. The van der Waals surface area contributed by atoms with Crippen LogP contribution in [0.15, 0.2) is 0 Å². The number of ether oxygens (including phenoxy) is 1. The van der Waals surface area contributed by atoms with Gasteiger partial charge in [0.05, 0.1) is 6.54 Å². The lowest BCUT2D eigenvalue weighted by Gasteiger charge is -2.32. The second-order valence-electron chi connectivity index (χ2n) is 5.35. The number of rotatable bonds is 9. The van der Waals surface area contributed by atoms with Crippen molar-refractivity contribution < 1.29 is 27.8 Å². The molecule has 0 radical (unpaired) electrons. The Hall–Kier alpha value is -0.860. The average molecular weight is 312 g/mol. The fourth-order valence-corrected chi connectivity index (χ4v) is 2.48. The second kappa shape index (κ2) is 9.22. The molecule has 2 N–H and O–H groups in total. The third-order valence-corrected chi connectivity index (χ3v) is 3.34. The van der Waals surface area contributed by atoms with E-state index in [2.05, 4.69) is 15.0 Å². The van der Waals surface area contributed by atoms with Gasteiger partial charge in [-0.2, -0.15) is 13.2 Å². The smallest absolute Gasteiger partial charge is 0.411 e. The molecule has 1 aliphatic rings. The molecule has 1 saturated heterocycles. The summed E-state index contributed by atoms with van der Waals surface area (Å²) in [6, 6.07) is 0. The van der Waals surface area contributed by atoms with Gasteiger partial charge in [0.25, 0.3) is 0 Å². The highest BCUT2D eigenvalue weighted by Gasteiger charge is 2.27. The van der Waals surface area contributed by atoms with Crippen LogP contribution in [0.5, 0.6) is 0 Å². The highest BCUT2D eigenvalue weighted by atomic mass is 19.4. The Morgan fingerprint density at radius 3 is 2.86 bits per heavy atom. The van der Waals surface area contributed by atoms with Crippen LogP contribution in [-0.4, -0.2) is 68.1 Å². The first-order chi connectivity index (χ1) is 9.87. The summed E-state index contributed by atoms with van der Waals surface area (Å²) in [4.78, 5) is 12.6. The molecule has 1 heterocycles. The van der Waals surface area contributed by atoms with Gasteiger partial charge >= 0.3 is 12.1 Å². The van der Waals surface area contributed by atoms with Crippen molar-refractivity contribution >= 4 is 5.97 Å². The highest BCUT2D eigenvalue weighted by Crippen LogP contribution is 2.16. The Labute approximate surface area is 122 Å². The zero-order chi connectivity index (χ0) is 15.7. The third kappa shape index (κ3) is 9.65. The molecule has 124 valence electrons. The molecule has 1 aliphatic heterocycles. The second-order valence-corrected chi connectivity index (χ2v) is 5.35. The van der Waals surface area contributed by atoms with E-state index < -0.39 is 18.8 Å². The van der Waals surface area contributed by atoms with E-state index in [4.69, 9.17) is 5.11 Å². The van der Waals surface area contributed by atoms with Crippen LogP contribution in [0.25, 0.3) is 0 Å². The summed E-state index contributed by atoms with van der Waals surface area (Å²) in [7, 11) is 0. The quantitative estimate of drug-likeness (QED) is 0.629. The van der Waals surface area contributed by atoms with Gasteiger partial charge in [0.2, 0.25) is 0 Å². The maximum Gasteiger partial charge on any atom is 0.411 e. The molecule has 21 heavy (non-hydrogen) atoms. The molecule has 1 fully saturated rings. The van der Waals surface area contributed by atoms with Crippen LogP contribution in [0.1, 0.15) is 19.3 Å². The minimum atomic E-state index is -4.26. The molecule has 0 amide bonds. The van der Waals surface area contributed by atoms with Crippen molar-refractivity contribution in [3.63, 3.8) is 0 Å². The number of piperidine rings is 1. The van der Waals surface area contributed by atoms with E-state index in [9.17, 15) is 18.0 Å². The first-order valence-electron chi connectivity index (χ1n) is 7.16. The molecule has 0 aliphatic carbocycles. The van der Waals surface area contributed by atoms with Crippen molar-refractivity contribution in [3.8, 4) is 0 Å². The van der Waals surface area contributed by atoms with Gasteiger partial charge in [0, 0.05) is 19.7 Å². The molecule has 1 rings (SSSR count). The topological polar surface area (TPSA) is 61.8 Å². The summed E-state index contributed by atoms with van der Waals surface area (Å²) in [6.45, 7) is 2.05. The molecular weight excluding hydrogens is 289 g/mol. The van der Waals surface area contributed by atoms with Gasteiger partial charge in [-0.05, 0) is 38.3 Å². The summed E-state index contributed by atoms with van der Waals surface area (Å²) >= 11 is 0. The first-order valence-corrected chi connectivity index (χ1v) is 7.16. The lowest BCUT2D eigenvalue weighted by atomic mass is 9.98. The minimum absolute atomic E-state index is 0.0399. The molecular formula is C13H23F3N2O3. The summed E-state index contributed by atoms with van der Waals surface area (Å²) in [6.07, 6.45) is -1.60. The van der Waals surface area contributed by atoms with Gasteiger partial charge in [-0.1, -0.05) is 0 Å². The van der Waals surface area contributed by atoms with Gasteiger partial charge in [0.15, 0.2) is 0 Å². The maximum atomic E-state index is 11.9. The molecule has 0 saturated carbocycles. The fourth-order valence-electron chi connectivity index (χ4n) is 2.48. The van der Waals surface area contributed by atoms with Crippen LogP contribution >= 0.6 is 0 Å². The largest absolute Gasteiger partial charge is 0.480 e. The first kappa shape index (κ1) is 18.2. The van der Waals surface area contributed by atoms with Crippen LogP contribution in [0.3, 0.4) is 0 Å². The molecule has 0 aromatic rings. The van der Waals surface area contributed by atoms with Gasteiger partial charge in [0.1, 0.15) is 6.61 Å². The predicted molar refractivity (Wildman–Crippen MR) is 71.2 cm³/mol. The van der Waals surface area contributed by atoms with E-state index in [0.29, 0.717) is 25.4 Å². The number of nitrogens with one attached hydrogen (secondary N) is 1. The fraction of sp³-hybridized carbons (Fsp3) is 0.923. The van der Waals surface area contributed by atoms with Gasteiger partial charge < -0.3 is 20.1 Å². The Kier molecular flexibility index (Phi) is 7.98. The van der Waals surface area contributed by atoms with E-state index in [0.717, 1.165) is 25.9 Å². The number of carboxylic acid groups (broad SMARTS) is 1. The van der Waals surface area contributed by atoms with E-state index >= 15 is 0 Å². The van der Waals surface area contributed by atoms with Crippen molar-refractivity contribution in [2.75, 3.05) is 45.9 Å². The molecule has 0 aromatic carbocycles. The van der Waals surface area contributed by atoms with Gasteiger partial charge in [-0.25, -0.2) is 0 Å². The third-order valence-electron chi connectivity index (χ3n) is 3.34. The molecule has 0 aromatic heterocycles. The summed E-state index contributed by atoms with van der Waals surface area (Å²) < 4.78 is 40.2. The lowest BCUT2D eigenvalue weighted by molar-refractivity contribution is -0.174. The Bertz CT molecular complexity index is 314. The zero-order valence-corrected chi connectivity index (χ0v) is 12.0. The lowest BCUT2D eigenvalue weighted by Crippen LogP contribution is -2.41. The van der Waals surface area contributed by atoms with E-state index in [1.54, 1.807) is 0 Å². The van der Waals surface area contributed by atoms with Gasteiger partial charge in [-0.3, -0.25) is 4.79 Å². The Morgan fingerprint density at radius 1 is 1.43 bits per heavy atom. The highest BCUT2D eigenvalue weighted by molar-refractivity contribution is 5.68. The number of hydrogen-bond acceptors (Lipinski definition) is 4. The average Bonchev–Trinajstić information content (AvgIpc) is 2.37. The van der Waals surface area contributed by atoms with Crippen molar-refractivity contribution in [1.29, 1.82) is 0 Å². The SMILES string of the molecule is O=C(O)CNCC1CCCN(CCCOCC(F)(F)F)C1. The Balaban J connectivity index is 2.08. The number of alkyl halides is 3.